The maximum atomic E-state index is 11.0. The van der Waals surface area contributed by atoms with E-state index in [2.05, 4.69) is 25.3 Å². The first-order chi connectivity index (χ1) is 7.63. The van der Waals surface area contributed by atoms with E-state index in [4.69, 9.17) is 5.11 Å². The van der Waals surface area contributed by atoms with E-state index >= 15 is 0 Å². The van der Waals surface area contributed by atoms with Gasteiger partial charge in [0.25, 0.3) is 0 Å². The lowest BCUT2D eigenvalue weighted by Gasteiger charge is -2.03. The van der Waals surface area contributed by atoms with Crippen molar-refractivity contribution in [3.05, 3.63) is 17.8 Å². The summed E-state index contributed by atoms with van der Waals surface area (Å²) < 4.78 is 4.42. The molecule has 0 aliphatic heterocycles. The Morgan fingerprint density at radius 1 is 1.44 bits per heavy atom. The Kier molecular flexibility index (Phi) is 4.16. The van der Waals surface area contributed by atoms with E-state index in [1.807, 2.05) is 0 Å². The van der Waals surface area contributed by atoms with Crippen molar-refractivity contribution in [2.75, 3.05) is 19.2 Å². The number of hydrogen-bond donors (Lipinski definition) is 2. The van der Waals surface area contributed by atoms with E-state index in [9.17, 15) is 9.59 Å². The lowest BCUT2D eigenvalue weighted by molar-refractivity contribution is -0.141. The van der Waals surface area contributed by atoms with Gasteiger partial charge < -0.3 is 9.84 Å². The Morgan fingerprint density at radius 2 is 2.19 bits per heavy atom. The summed E-state index contributed by atoms with van der Waals surface area (Å²) in [5.41, 5.74) is 2.30. The minimum absolute atomic E-state index is 0.0475. The molecule has 0 amide bonds. The van der Waals surface area contributed by atoms with Crippen molar-refractivity contribution in [3.63, 3.8) is 0 Å². The number of aromatic nitrogens is 2. The van der Waals surface area contributed by atoms with Crippen molar-refractivity contribution in [1.29, 1.82) is 0 Å². The van der Waals surface area contributed by atoms with Crippen LogP contribution in [-0.4, -0.2) is 41.0 Å². The number of nitrogens with zero attached hydrogens (tertiary/aromatic N) is 2. The molecule has 0 fully saturated rings. The van der Waals surface area contributed by atoms with E-state index in [0.29, 0.717) is 0 Å². The molecule has 16 heavy (non-hydrogen) atoms. The summed E-state index contributed by atoms with van der Waals surface area (Å²) in [6, 6.07) is 2.77. The predicted molar refractivity (Wildman–Crippen MR) is 50.6 cm³/mol. The molecule has 0 aliphatic carbocycles. The molecule has 1 aromatic rings. The fourth-order valence-corrected chi connectivity index (χ4v) is 0.772. The number of nitrogens with one attached hydrogen (secondary N) is 1. The Hall–Kier alpha value is -2.22. The molecule has 0 unspecified atom stereocenters. The van der Waals surface area contributed by atoms with Gasteiger partial charge in [0.15, 0.2) is 18.1 Å². The van der Waals surface area contributed by atoms with Crippen molar-refractivity contribution < 1.29 is 24.3 Å². The Morgan fingerprint density at radius 3 is 2.69 bits per heavy atom. The zero-order chi connectivity index (χ0) is 12.0. The highest BCUT2D eigenvalue weighted by Gasteiger charge is 2.07. The van der Waals surface area contributed by atoms with Gasteiger partial charge in [0.1, 0.15) is 0 Å². The largest absolute Gasteiger partial charge is 0.479 e. The van der Waals surface area contributed by atoms with Crippen LogP contribution in [0.4, 0.5) is 5.82 Å². The van der Waals surface area contributed by atoms with Gasteiger partial charge >= 0.3 is 11.9 Å². The minimum Gasteiger partial charge on any atom is -0.479 e. The number of hydrogen-bond acceptors (Lipinski definition) is 7. The quantitative estimate of drug-likeness (QED) is 0.520. The summed E-state index contributed by atoms with van der Waals surface area (Å²) in [6.45, 7) is -0.513. The Labute approximate surface area is 90.1 Å². The van der Waals surface area contributed by atoms with E-state index in [0.717, 1.165) is 0 Å². The molecule has 0 radical (unpaired) electrons. The van der Waals surface area contributed by atoms with Gasteiger partial charge in [-0.25, -0.2) is 15.1 Å². The maximum absolute atomic E-state index is 11.0. The summed E-state index contributed by atoms with van der Waals surface area (Å²) >= 11 is 0. The van der Waals surface area contributed by atoms with E-state index in [1.54, 1.807) is 0 Å². The van der Waals surface area contributed by atoms with Crippen LogP contribution in [-0.2, 0) is 14.4 Å². The summed E-state index contributed by atoms with van der Waals surface area (Å²) in [5.74, 6) is -1.54. The molecule has 0 saturated carbocycles. The second-order valence-electron chi connectivity index (χ2n) is 2.58. The van der Waals surface area contributed by atoms with Gasteiger partial charge in [0.2, 0.25) is 0 Å². The van der Waals surface area contributed by atoms with Crippen LogP contribution in [0.2, 0.25) is 0 Å². The predicted octanol–water partition coefficient (Wildman–Crippen LogP) is -0.309. The second-order valence-corrected chi connectivity index (χ2v) is 2.58. The average Bonchev–Trinajstić information content (AvgIpc) is 2.28. The number of rotatable bonds is 5. The van der Waals surface area contributed by atoms with Gasteiger partial charge in [-0.2, -0.15) is 0 Å². The third-order valence-corrected chi connectivity index (χ3v) is 1.43. The number of carboxylic acids is 1. The molecule has 0 aliphatic rings. The number of carboxylic acid groups (broad SMARTS) is 1. The minimum atomic E-state index is -1.12. The first-order valence-electron chi connectivity index (χ1n) is 4.15. The van der Waals surface area contributed by atoms with Gasteiger partial charge in [-0.15, -0.1) is 10.2 Å². The molecule has 1 rings (SSSR count). The Balaban J connectivity index is 2.51. The normalized spacial score (nSPS) is 9.56. The maximum Gasteiger partial charge on any atom is 0.358 e. The molecule has 0 atom stereocenters. The molecule has 0 aromatic carbocycles. The molecule has 1 aromatic heterocycles. The standard InChI is InChI=1S/C8H9N3O5/c1-15-8(14)5-2-3-6(10-9-5)11-16-4-7(12)13/h2-3H,4H2,1H3,(H,10,11)(H,12,13). The van der Waals surface area contributed by atoms with E-state index < -0.39 is 18.5 Å². The summed E-state index contributed by atoms with van der Waals surface area (Å²) in [7, 11) is 1.23. The van der Waals surface area contributed by atoms with Crippen molar-refractivity contribution in [2.45, 2.75) is 0 Å². The van der Waals surface area contributed by atoms with Crippen LogP contribution in [0.25, 0.3) is 0 Å². The lowest BCUT2D eigenvalue weighted by atomic mass is 10.4. The van der Waals surface area contributed by atoms with Crippen LogP contribution in [0.15, 0.2) is 12.1 Å². The van der Waals surface area contributed by atoms with Crippen LogP contribution < -0.4 is 5.48 Å². The number of ether oxygens (including phenoxy) is 1. The molecule has 86 valence electrons. The third-order valence-electron chi connectivity index (χ3n) is 1.43. The van der Waals surface area contributed by atoms with Crippen molar-refractivity contribution >= 4 is 17.8 Å². The van der Waals surface area contributed by atoms with Crippen molar-refractivity contribution in [2.24, 2.45) is 0 Å². The van der Waals surface area contributed by atoms with Crippen LogP contribution >= 0.6 is 0 Å². The van der Waals surface area contributed by atoms with Crippen LogP contribution in [0.5, 0.6) is 0 Å². The van der Waals surface area contributed by atoms with Crippen molar-refractivity contribution in [3.8, 4) is 0 Å². The number of methoxy groups -OCH3 is 1. The molecule has 0 spiro atoms. The van der Waals surface area contributed by atoms with Crippen molar-refractivity contribution in [1.82, 2.24) is 10.2 Å². The van der Waals surface area contributed by atoms with Gasteiger partial charge in [0.05, 0.1) is 7.11 Å². The molecular formula is C8H9N3O5. The molecule has 8 nitrogen and oxygen atoms in total. The number of aliphatic carboxylic acids is 1. The van der Waals surface area contributed by atoms with E-state index in [-0.39, 0.29) is 11.5 Å². The molecule has 2 N–H and O–H groups in total. The van der Waals surface area contributed by atoms with Gasteiger partial charge in [-0.1, -0.05) is 0 Å². The number of esters is 1. The number of anilines is 1. The molecule has 0 bridgehead atoms. The number of carbonyl (C=O) groups is 2. The smallest absolute Gasteiger partial charge is 0.358 e. The molecule has 1 heterocycles. The third kappa shape index (κ3) is 3.50. The number of carbonyl (C=O) groups excluding carboxylic acids is 1. The fourth-order valence-electron chi connectivity index (χ4n) is 0.772. The first-order valence-corrected chi connectivity index (χ1v) is 4.15. The Bertz CT molecular complexity index is 378. The van der Waals surface area contributed by atoms with Gasteiger partial charge in [-0.3, -0.25) is 4.84 Å². The van der Waals surface area contributed by atoms with Gasteiger partial charge in [-0.05, 0) is 12.1 Å². The molecule has 0 saturated heterocycles. The molecule has 8 heteroatoms. The summed E-state index contributed by atoms with van der Waals surface area (Å²) in [6.07, 6.45) is 0. The van der Waals surface area contributed by atoms with Gasteiger partial charge in [0, 0.05) is 0 Å². The van der Waals surface area contributed by atoms with Crippen LogP contribution in [0, 0.1) is 0 Å². The summed E-state index contributed by atoms with van der Waals surface area (Å²) in [5, 5.41) is 15.4. The van der Waals surface area contributed by atoms with Crippen LogP contribution in [0.3, 0.4) is 0 Å². The second kappa shape index (κ2) is 5.61. The zero-order valence-electron chi connectivity index (χ0n) is 8.34. The zero-order valence-corrected chi connectivity index (χ0v) is 8.34. The summed E-state index contributed by atoms with van der Waals surface area (Å²) in [4.78, 5) is 25.6. The fraction of sp³-hybridized carbons (Fsp3) is 0.250. The average molecular weight is 227 g/mol. The SMILES string of the molecule is COC(=O)c1ccc(NOCC(=O)O)nn1. The topological polar surface area (TPSA) is 111 Å². The highest BCUT2D eigenvalue weighted by atomic mass is 16.7. The van der Waals surface area contributed by atoms with E-state index in [1.165, 1.54) is 19.2 Å². The molecular weight excluding hydrogens is 218 g/mol. The van der Waals surface area contributed by atoms with Crippen LogP contribution in [0.1, 0.15) is 10.5 Å². The lowest BCUT2D eigenvalue weighted by Crippen LogP contribution is -2.13. The highest BCUT2D eigenvalue weighted by Crippen LogP contribution is 2.02. The first kappa shape index (κ1) is 11.9. The highest BCUT2D eigenvalue weighted by molar-refractivity contribution is 5.86. The monoisotopic (exact) mass is 227 g/mol.